The van der Waals surface area contributed by atoms with E-state index in [9.17, 15) is 4.79 Å². The molecule has 1 rings (SSSR count). The minimum absolute atomic E-state index is 0.0732. The molecule has 92 valence electrons. The van der Waals surface area contributed by atoms with Gasteiger partial charge in [-0.2, -0.15) is 0 Å². The molecule has 3 N–H and O–H groups in total. The van der Waals surface area contributed by atoms with Gasteiger partial charge in [0.15, 0.2) is 0 Å². The molecule has 0 saturated carbocycles. The van der Waals surface area contributed by atoms with Gasteiger partial charge in [0, 0.05) is 23.0 Å². The summed E-state index contributed by atoms with van der Waals surface area (Å²) in [6.45, 7) is 3.72. The molecule has 1 aromatic rings. The molecule has 0 aliphatic rings. The van der Waals surface area contributed by atoms with Crippen molar-refractivity contribution in [2.24, 2.45) is 5.73 Å². The molecule has 0 aromatic heterocycles. The molecule has 0 heterocycles. The van der Waals surface area contributed by atoms with Crippen LogP contribution in [0.1, 0.15) is 29.3 Å². The lowest BCUT2D eigenvalue weighted by Gasteiger charge is -2.13. The van der Waals surface area contributed by atoms with E-state index in [-0.39, 0.29) is 11.9 Å². The van der Waals surface area contributed by atoms with Crippen molar-refractivity contribution in [3.8, 4) is 0 Å². The summed E-state index contributed by atoms with van der Waals surface area (Å²) in [5.41, 5.74) is 6.88. The number of thiocarbonyl (C=S) groups is 1. The minimum atomic E-state index is -0.145. The third-order valence-corrected chi connectivity index (χ3v) is 2.90. The molecular weight excluding hydrogens is 256 g/mol. The van der Waals surface area contributed by atoms with Crippen molar-refractivity contribution >= 4 is 34.7 Å². The van der Waals surface area contributed by atoms with Crippen molar-refractivity contribution in [1.29, 1.82) is 0 Å². The lowest BCUT2D eigenvalue weighted by molar-refractivity contribution is 0.0941. The fourth-order valence-electron chi connectivity index (χ4n) is 1.45. The van der Waals surface area contributed by atoms with E-state index in [4.69, 9.17) is 29.6 Å². The van der Waals surface area contributed by atoms with Crippen molar-refractivity contribution in [3.63, 3.8) is 0 Å². The molecule has 0 aliphatic heterocycles. The maximum absolute atomic E-state index is 11.9. The first kappa shape index (κ1) is 13.9. The topological polar surface area (TPSA) is 55.1 Å². The van der Waals surface area contributed by atoms with Crippen LogP contribution in [-0.2, 0) is 0 Å². The third-order valence-electron chi connectivity index (χ3n) is 2.30. The van der Waals surface area contributed by atoms with Gasteiger partial charge in [-0.1, -0.05) is 23.8 Å². The highest BCUT2D eigenvalue weighted by atomic mass is 35.5. The number of nitrogens with two attached hydrogens (primary N) is 1. The standard InChI is InChI=1S/C12H15ClN2OS/c1-7-5-9(3-4-10(7)13)12(16)15-8(2)6-11(14)17/h3-5,8H,6H2,1-2H3,(H2,14,17)(H,15,16). The monoisotopic (exact) mass is 270 g/mol. The number of nitrogens with one attached hydrogen (secondary N) is 1. The summed E-state index contributed by atoms with van der Waals surface area (Å²) >= 11 is 10.7. The number of rotatable bonds is 4. The molecule has 0 fully saturated rings. The van der Waals surface area contributed by atoms with Crippen LogP contribution < -0.4 is 11.1 Å². The number of amides is 1. The molecule has 0 saturated heterocycles. The molecule has 5 heteroatoms. The predicted molar refractivity (Wildman–Crippen MR) is 74.5 cm³/mol. The smallest absolute Gasteiger partial charge is 0.251 e. The Labute approximate surface area is 111 Å². The van der Waals surface area contributed by atoms with Crippen LogP contribution in [0.5, 0.6) is 0 Å². The Kier molecular flexibility index (Phi) is 4.90. The van der Waals surface area contributed by atoms with E-state index in [0.717, 1.165) is 5.56 Å². The van der Waals surface area contributed by atoms with Crippen LogP contribution in [0.4, 0.5) is 0 Å². The molecule has 0 radical (unpaired) electrons. The normalized spacial score (nSPS) is 11.9. The van der Waals surface area contributed by atoms with Crippen molar-refractivity contribution in [3.05, 3.63) is 34.3 Å². The summed E-state index contributed by atoms with van der Waals surface area (Å²) in [4.78, 5) is 12.3. The second-order valence-corrected chi connectivity index (χ2v) is 4.94. The second-order valence-electron chi connectivity index (χ2n) is 4.01. The van der Waals surface area contributed by atoms with E-state index >= 15 is 0 Å². The third kappa shape index (κ3) is 4.32. The van der Waals surface area contributed by atoms with Crippen LogP contribution in [-0.4, -0.2) is 16.9 Å². The van der Waals surface area contributed by atoms with Crippen molar-refractivity contribution in [2.75, 3.05) is 0 Å². The van der Waals surface area contributed by atoms with E-state index in [0.29, 0.717) is 22.0 Å². The van der Waals surface area contributed by atoms with Gasteiger partial charge in [0.25, 0.3) is 5.91 Å². The summed E-state index contributed by atoms with van der Waals surface area (Å²) < 4.78 is 0. The zero-order valence-corrected chi connectivity index (χ0v) is 11.4. The van der Waals surface area contributed by atoms with E-state index in [2.05, 4.69) is 5.32 Å². The van der Waals surface area contributed by atoms with Gasteiger partial charge in [-0.3, -0.25) is 4.79 Å². The van der Waals surface area contributed by atoms with Gasteiger partial charge in [-0.25, -0.2) is 0 Å². The van der Waals surface area contributed by atoms with Crippen LogP contribution in [0.15, 0.2) is 18.2 Å². The number of carbonyl (C=O) groups is 1. The van der Waals surface area contributed by atoms with Crippen LogP contribution >= 0.6 is 23.8 Å². The van der Waals surface area contributed by atoms with Crippen LogP contribution in [0, 0.1) is 6.92 Å². The Morgan fingerprint density at radius 2 is 2.24 bits per heavy atom. The molecule has 17 heavy (non-hydrogen) atoms. The number of hydrogen-bond donors (Lipinski definition) is 2. The summed E-state index contributed by atoms with van der Waals surface area (Å²) in [7, 11) is 0. The van der Waals surface area contributed by atoms with E-state index in [1.165, 1.54) is 0 Å². The number of halogens is 1. The van der Waals surface area contributed by atoms with Crippen LogP contribution in [0.25, 0.3) is 0 Å². The molecule has 3 nitrogen and oxygen atoms in total. The van der Waals surface area contributed by atoms with Gasteiger partial charge in [0.2, 0.25) is 0 Å². The Balaban J connectivity index is 2.70. The Morgan fingerprint density at radius 1 is 1.59 bits per heavy atom. The van der Waals surface area contributed by atoms with E-state index in [1.807, 2.05) is 13.8 Å². The average Bonchev–Trinajstić information content (AvgIpc) is 2.20. The summed E-state index contributed by atoms with van der Waals surface area (Å²) in [6.07, 6.45) is 0.494. The van der Waals surface area contributed by atoms with Crippen LogP contribution in [0.3, 0.4) is 0 Å². The summed E-state index contributed by atoms with van der Waals surface area (Å²) in [6, 6.07) is 5.09. The average molecular weight is 271 g/mol. The molecule has 0 bridgehead atoms. The molecule has 1 amide bonds. The van der Waals surface area contributed by atoms with Gasteiger partial charge in [0.05, 0.1) is 4.99 Å². The zero-order chi connectivity index (χ0) is 13.0. The quantitative estimate of drug-likeness (QED) is 0.827. The first-order chi connectivity index (χ1) is 7.90. The second kappa shape index (κ2) is 5.98. The number of hydrogen-bond acceptors (Lipinski definition) is 2. The molecular formula is C12H15ClN2OS. The Bertz CT molecular complexity index is 448. The fourth-order valence-corrected chi connectivity index (χ4v) is 1.81. The first-order valence-corrected chi connectivity index (χ1v) is 6.04. The first-order valence-electron chi connectivity index (χ1n) is 5.25. The molecule has 1 atom stereocenters. The van der Waals surface area contributed by atoms with Gasteiger partial charge in [-0.05, 0) is 37.6 Å². The highest BCUT2D eigenvalue weighted by Gasteiger charge is 2.11. The number of aryl methyl sites for hydroxylation is 1. The predicted octanol–water partition coefficient (Wildman–Crippen LogP) is 2.44. The van der Waals surface area contributed by atoms with Gasteiger partial charge in [0.1, 0.15) is 0 Å². The Morgan fingerprint density at radius 3 is 2.76 bits per heavy atom. The molecule has 0 spiro atoms. The Hall–Kier alpha value is -1.13. The largest absolute Gasteiger partial charge is 0.393 e. The molecule has 1 aromatic carbocycles. The highest BCUT2D eigenvalue weighted by molar-refractivity contribution is 7.80. The van der Waals surface area contributed by atoms with Gasteiger partial charge >= 0.3 is 0 Å². The number of benzene rings is 1. The van der Waals surface area contributed by atoms with Crippen molar-refractivity contribution in [2.45, 2.75) is 26.3 Å². The maximum atomic E-state index is 11.9. The minimum Gasteiger partial charge on any atom is -0.393 e. The van der Waals surface area contributed by atoms with E-state index < -0.39 is 0 Å². The SMILES string of the molecule is Cc1cc(C(=O)NC(C)CC(N)=S)ccc1Cl. The lowest BCUT2D eigenvalue weighted by atomic mass is 10.1. The molecule has 1 unspecified atom stereocenters. The van der Waals surface area contributed by atoms with E-state index in [1.54, 1.807) is 18.2 Å². The van der Waals surface area contributed by atoms with Crippen molar-refractivity contribution < 1.29 is 4.79 Å². The summed E-state index contributed by atoms with van der Waals surface area (Å²) in [5, 5.41) is 3.48. The van der Waals surface area contributed by atoms with Gasteiger partial charge in [-0.15, -0.1) is 0 Å². The van der Waals surface area contributed by atoms with Crippen LogP contribution in [0.2, 0.25) is 5.02 Å². The summed E-state index contributed by atoms with van der Waals surface area (Å²) in [5.74, 6) is -0.145. The fraction of sp³-hybridized carbons (Fsp3) is 0.333. The maximum Gasteiger partial charge on any atom is 0.251 e. The van der Waals surface area contributed by atoms with Gasteiger partial charge < -0.3 is 11.1 Å². The highest BCUT2D eigenvalue weighted by Crippen LogP contribution is 2.16. The van der Waals surface area contributed by atoms with Crippen molar-refractivity contribution in [1.82, 2.24) is 5.32 Å². The molecule has 0 aliphatic carbocycles. The number of carbonyl (C=O) groups excluding carboxylic acids is 1. The zero-order valence-electron chi connectivity index (χ0n) is 9.79. The lowest BCUT2D eigenvalue weighted by Crippen LogP contribution is -2.35.